The summed E-state index contributed by atoms with van der Waals surface area (Å²) in [6.07, 6.45) is 0. The summed E-state index contributed by atoms with van der Waals surface area (Å²) in [7, 11) is 0. The summed E-state index contributed by atoms with van der Waals surface area (Å²) < 4.78 is 0. The number of nitrogens with two attached hydrogens (primary N) is 1. The van der Waals surface area contributed by atoms with Gasteiger partial charge in [0.15, 0.2) is 0 Å². The van der Waals surface area contributed by atoms with Crippen LogP contribution < -0.4 is 5.73 Å². The first-order valence-corrected chi connectivity index (χ1v) is 6.62. The molecule has 2 aromatic heterocycles. The van der Waals surface area contributed by atoms with Crippen LogP contribution in [0, 0.1) is 0 Å². The Labute approximate surface area is 106 Å². The van der Waals surface area contributed by atoms with Gasteiger partial charge in [-0.25, -0.2) is 4.98 Å². The Balaban J connectivity index is 2.00. The lowest BCUT2D eigenvalue weighted by Crippen LogP contribution is -2.22. The molecular formula is C13H17N3S. The van der Waals surface area contributed by atoms with Crippen molar-refractivity contribution in [3.63, 3.8) is 0 Å². The lowest BCUT2D eigenvalue weighted by molar-refractivity contribution is 0.270. The Morgan fingerprint density at radius 2 is 2.12 bits per heavy atom. The average Bonchev–Trinajstić information content (AvgIpc) is 2.81. The zero-order valence-corrected chi connectivity index (χ0v) is 10.8. The molecule has 0 atom stereocenters. The van der Waals surface area contributed by atoms with Gasteiger partial charge in [0.25, 0.3) is 0 Å². The Kier molecular flexibility index (Phi) is 4.12. The van der Waals surface area contributed by atoms with Crippen LogP contribution in [0.5, 0.6) is 0 Å². The zero-order chi connectivity index (χ0) is 12.1. The summed E-state index contributed by atoms with van der Waals surface area (Å²) in [5.41, 5.74) is 6.72. The SMILES string of the molecule is CCN(Cc1cccc(N)n1)Cc1cccs1. The van der Waals surface area contributed by atoms with Crippen molar-refractivity contribution in [3.8, 4) is 0 Å². The van der Waals surface area contributed by atoms with E-state index >= 15 is 0 Å². The number of hydrogen-bond acceptors (Lipinski definition) is 4. The van der Waals surface area contributed by atoms with E-state index in [1.54, 1.807) is 11.3 Å². The molecule has 0 saturated heterocycles. The molecule has 4 heteroatoms. The summed E-state index contributed by atoms with van der Waals surface area (Å²) in [6.45, 7) is 5.00. The predicted molar refractivity (Wildman–Crippen MR) is 72.8 cm³/mol. The van der Waals surface area contributed by atoms with Crippen molar-refractivity contribution in [1.29, 1.82) is 0 Å². The fourth-order valence-corrected chi connectivity index (χ4v) is 2.46. The molecule has 0 aromatic carbocycles. The van der Waals surface area contributed by atoms with Crippen molar-refractivity contribution in [1.82, 2.24) is 9.88 Å². The number of rotatable bonds is 5. The van der Waals surface area contributed by atoms with Gasteiger partial charge in [0.2, 0.25) is 0 Å². The molecule has 2 aromatic rings. The van der Waals surface area contributed by atoms with Gasteiger partial charge >= 0.3 is 0 Å². The molecule has 90 valence electrons. The lowest BCUT2D eigenvalue weighted by atomic mass is 10.3. The molecule has 2 rings (SSSR count). The van der Waals surface area contributed by atoms with Gasteiger partial charge in [0.05, 0.1) is 5.69 Å². The molecule has 3 nitrogen and oxygen atoms in total. The average molecular weight is 247 g/mol. The number of thiophene rings is 1. The van der Waals surface area contributed by atoms with Crippen LogP contribution in [-0.4, -0.2) is 16.4 Å². The van der Waals surface area contributed by atoms with Crippen molar-refractivity contribution in [2.24, 2.45) is 0 Å². The van der Waals surface area contributed by atoms with Crippen LogP contribution in [0.25, 0.3) is 0 Å². The molecule has 0 bridgehead atoms. The van der Waals surface area contributed by atoms with Gasteiger partial charge in [-0.3, -0.25) is 4.90 Å². The lowest BCUT2D eigenvalue weighted by Gasteiger charge is -2.19. The van der Waals surface area contributed by atoms with Crippen LogP contribution >= 0.6 is 11.3 Å². The minimum absolute atomic E-state index is 0.592. The Bertz CT molecular complexity index is 453. The Morgan fingerprint density at radius 3 is 2.76 bits per heavy atom. The minimum atomic E-state index is 0.592. The van der Waals surface area contributed by atoms with Crippen LogP contribution in [0.3, 0.4) is 0 Å². The van der Waals surface area contributed by atoms with Crippen molar-refractivity contribution in [2.45, 2.75) is 20.0 Å². The molecular weight excluding hydrogens is 230 g/mol. The van der Waals surface area contributed by atoms with Crippen molar-refractivity contribution in [2.75, 3.05) is 12.3 Å². The number of pyridine rings is 1. The van der Waals surface area contributed by atoms with E-state index in [1.165, 1.54) is 4.88 Å². The fourth-order valence-electron chi connectivity index (χ4n) is 1.72. The summed E-state index contributed by atoms with van der Waals surface area (Å²) in [5, 5.41) is 2.11. The topological polar surface area (TPSA) is 42.1 Å². The molecule has 2 N–H and O–H groups in total. The highest BCUT2D eigenvalue weighted by molar-refractivity contribution is 7.09. The third kappa shape index (κ3) is 3.54. The second kappa shape index (κ2) is 5.80. The summed E-state index contributed by atoms with van der Waals surface area (Å²) >= 11 is 1.79. The molecule has 2 heterocycles. The first kappa shape index (κ1) is 12.1. The molecule has 0 amide bonds. The van der Waals surface area contributed by atoms with Crippen LogP contribution in [-0.2, 0) is 13.1 Å². The highest BCUT2D eigenvalue weighted by Gasteiger charge is 2.06. The molecule has 0 aliphatic rings. The van der Waals surface area contributed by atoms with Crippen molar-refractivity contribution in [3.05, 3.63) is 46.3 Å². The van der Waals surface area contributed by atoms with Gasteiger partial charge in [0, 0.05) is 18.0 Å². The highest BCUT2D eigenvalue weighted by atomic mass is 32.1. The smallest absolute Gasteiger partial charge is 0.123 e. The maximum Gasteiger partial charge on any atom is 0.123 e. The standard InChI is InChI=1S/C13H17N3S/c1-2-16(10-12-6-4-8-17-12)9-11-5-3-7-13(14)15-11/h3-8H,2,9-10H2,1H3,(H2,14,15). The zero-order valence-electron chi connectivity index (χ0n) is 9.97. The molecule has 0 saturated carbocycles. The monoisotopic (exact) mass is 247 g/mol. The van der Waals surface area contributed by atoms with E-state index in [0.29, 0.717) is 5.82 Å². The van der Waals surface area contributed by atoms with Crippen LogP contribution in [0.2, 0.25) is 0 Å². The molecule has 0 aliphatic heterocycles. The van der Waals surface area contributed by atoms with Gasteiger partial charge < -0.3 is 5.73 Å². The van der Waals surface area contributed by atoms with E-state index in [9.17, 15) is 0 Å². The van der Waals surface area contributed by atoms with E-state index in [-0.39, 0.29) is 0 Å². The minimum Gasteiger partial charge on any atom is -0.384 e. The van der Waals surface area contributed by atoms with Crippen LogP contribution in [0.4, 0.5) is 5.82 Å². The first-order valence-electron chi connectivity index (χ1n) is 5.74. The second-order valence-electron chi connectivity index (χ2n) is 3.94. The molecule has 17 heavy (non-hydrogen) atoms. The molecule has 0 radical (unpaired) electrons. The third-order valence-electron chi connectivity index (χ3n) is 2.62. The first-order chi connectivity index (χ1) is 8.28. The summed E-state index contributed by atoms with van der Waals surface area (Å²) in [4.78, 5) is 8.07. The van der Waals surface area contributed by atoms with E-state index in [4.69, 9.17) is 5.73 Å². The largest absolute Gasteiger partial charge is 0.384 e. The second-order valence-corrected chi connectivity index (χ2v) is 4.97. The Morgan fingerprint density at radius 1 is 1.24 bits per heavy atom. The summed E-state index contributed by atoms with van der Waals surface area (Å²) in [6, 6.07) is 10.1. The van der Waals surface area contributed by atoms with Gasteiger partial charge in [-0.05, 0) is 30.1 Å². The maximum absolute atomic E-state index is 5.68. The van der Waals surface area contributed by atoms with E-state index in [0.717, 1.165) is 25.3 Å². The van der Waals surface area contributed by atoms with Gasteiger partial charge in [-0.1, -0.05) is 19.1 Å². The van der Waals surface area contributed by atoms with Crippen molar-refractivity contribution < 1.29 is 0 Å². The third-order valence-corrected chi connectivity index (χ3v) is 3.48. The van der Waals surface area contributed by atoms with Gasteiger partial charge in [-0.15, -0.1) is 11.3 Å². The summed E-state index contributed by atoms with van der Waals surface area (Å²) in [5.74, 6) is 0.592. The van der Waals surface area contributed by atoms with E-state index in [2.05, 4.69) is 34.3 Å². The maximum atomic E-state index is 5.68. The molecule has 0 fully saturated rings. The molecule has 0 spiro atoms. The fraction of sp³-hybridized carbons (Fsp3) is 0.308. The van der Waals surface area contributed by atoms with E-state index in [1.807, 2.05) is 18.2 Å². The molecule has 0 aliphatic carbocycles. The van der Waals surface area contributed by atoms with Crippen LogP contribution in [0.1, 0.15) is 17.5 Å². The van der Waals surface area contributed by atoms with Crippen LogP contribution in [0.15, 0.2) is 35.7 Å². The Hall–Kier alpha value is -1.39. The number of aromatic nitrogens is 1. The van der Waals surface area contributed by atoms with Gasteiger partial charge in [0.1, 0.15) is 5.82 Å². The molecule has 0 unspecified atom stereocenters. The predicted octanol–water partition coefficient (Wildman–Crippen LogP) is 2.75. The normalized spacial score (nSPS) is 10.9. The number of anilines is 1. The quantitative estimate of drug-likeness (QED) is 0.883. The number of hydrogen-bond donors (Lipinski definition) is 1. The highest BCUT2D eigenvalue weighted by Crippen LogP contribution is 2.13. The number of nitrogen functional groups attached to an aromatic ring is 1. The van der Waals surface area contributed by atoms with Crippen molar-refractivity contribution >= 4 is 17.2 Å². The van der Waals surface area contributed by atoms with E-state index < -0.39 is 0 Å². The number of nitrogens with zero attached hydrogens (tertiary/aromatic N) is 2. The van der Waals surface area contributed by atoms with Gasteiger partial charge in [-0.2, -0.15) is 0 Å².